The molecule has 10 rings (SSSR count). The zero-order chi connectivity index (χ0) is 45.9. The number of para-hydroxylation sites is 2. The van der Waals surface area contributed by atoms with Crippen LogP contribution in [0.3, 0.4) is 0 Å². The number of alkyl halides is 3. The highest BCUT2D eigenvalue weighted by Crippen LogP contribution is 2.46. The van der Waals surface area contributed by atoms with Crippen LogP contribution < -0.4 is 0 Å². The summed E-state index contributed by atoms with van der Waals surface area (Å²) in [6.45, 7) is 0. The normalized spacial score (nSPS) is 11.2. The third kappa shape index (κ3) is 6.42. The first-order valence-corrected chi connectivity index (χ1v) is 20.2. The van der Waals surface area contributed by atoms with Gasteiger partial charge in [0.1, 0.15) is 6.07 Å². The van der Waals surface area contributed by atoms with Crippen molar-refractivity contribution in [3.8, 4) is 81.2 Å². The largest absolute Gasteiger partial charge is 0.417 e. The van der Waals surface area contributed by atoms with E-state index in [-0.39, 0.29) is 55.9 Å². The quantitative estimate of drug-likeness (QED) is 0.168. The number of hydrogen-bond donors (Lipinski definition) is 0. The summed E-state index contributed by atoms with van der Waals surface area (Å²) in [5, 5.41) is 63.9. The van der Waals surface area contributed by atoms with Crippen molar-refractivity contribution in [1.82, 2.24) is 9.13 Å². The molecule has 0 aliphatic heterocycles. The lowest BCUT2D eigenvalue weighted by Gasteiger charge is -2.22. The van der Waals surface area contributed by atoms with Crippen molar-refractivity contribution in [1.29, 1.82) is 31.6 Å². The Morgan fingerprint density at radius 3 is 1.27 bits per heavy atom. The van der Waals surface area contributed by atoms with Crippen LogP contribution in [-0.4, -0.2) is 9.13 Å². The minimum atomic E-state index is -4.91. The van der Waals surface area contributed by atoms with Gasteiger partial charge in [0.15, 0.2) is 0 Å². The first-order chi connectivity index (χ1) is 32.1. The predicted octanol–water partition coefficient (Wildman–Crippen LogP) is 13.1. The Balaban J connectivity index is 1.35. The Hall–Kier alpha value is -9.91. The van der Waals surface area contributed by atoms with Gasteiger partial charge in [0.2, 0.25) is 0 Å². The Bertz CT molecular complexity index is 3950. The van der Waals surface area contributed by atoms with Gasteiger partial charge in [-0.15, -0.1) is 0 Å². The average Bonchev–Trinajstić information content (AvgIpc) is 3.86. The lowest BCUT2D eigenvalue weighted by atomic mass is 9.91. The van der Waals surface area contributed by atoms with Gasteiger partial charge in [-0.1, -0.05) is 66.7 Å². The summed E-state index contributed by atoms with van der Waals surface area (Å²) in [4.78, 5) is 0. The summed E-state index contributed by atoms with van der Waals surface area (Å²) in [6, 6.07) is 55.0. The molecule has 11 heteroatoms. The molecule has 0 saturated heterocycles. The van der Waals surface area contributed by atoms with E-state index >= 15 is 13.2 Å². The SMILES string of the molecule is N#Cc1cc(C#N)cc(-c2ccc3c4ccccc4n(-c4cc(-c5c(C#N)cccc5C(F)(F)F)c(-n5c6ccccc6c6ccc(-c7cc(C#N)cc(C#N)c7)cc65)cc4C#N)c3c2)c1. The Kier molecular flexibility index (Phi) is 9.41. The zero-order valence-corrected chi connectivity index (χ0v) is 34.1. The topological polar surface area (TPSA) is 153 Å². The first-order valence-electron chi connectivity index (χ1n) is 20.2. The van der Waals surface area contributed by atoms with Crippen molar-refractivity contribution in [2.24, 2.45) is 0 Å². The van der Waals surface area contributed by atoms with E-state index in [1.54, 1.807) is 47.0 Å². The van der Waals surface area contributed by atoms with Gasteiger partial charge < -0.3 is 9.13 Å². The molecular formula is C55H25F3N8. The molecule has 0 spiro atoms. The Morgan fingerprint density at radius 2 is 0.818 bits per heavy atom. The molecule has 0 N–H and O–H groups in total. The van der Waals surface area contributed by atoms with Crippen LogP contribution in [0, 0.1) is 68.0 Å². The molecule has 0 aliphatic rings. The van der Waals surface area contributed by atoms with Gasteiger partial charge in [-0.25, -0.2) is 0 Å². The molecule has 0 fully saturated rings. The molecule has 0 radical (unpaired) electrons. The number of fused-ring (bicyclic) bond motifs is 6. The van der Waals surface area contributed by atoms with E-state index in [2.05, 4.69) is 30.3 Å². The van der Waals surface area contributed by atoms with Crippen LogP contribution in [0.2, 0.25) is 0 Å². The van der Waals surface area contributed by atoms with Crippen LogP contribution in [0.5, 0.6) is 0 Å². The maximum Gasteiger partial charge on any atom is 0.417 e. The predicted molar refractivity (Wildman–Crippen MR) is 245 cm³/mol. The third-order valence-corrected chi connectivity index (χ3v) is 11.9. The third-order valence-electron chi connectivity index (χ3n) is 11.9. The van der Waals surface area contributed by atoms with Gasteiger partial charge in [-0.3, -0.25) is 0 Å². The summed E-state index contributed by atoms with van der Waals surface area (Å²) < 4.78 is 49.8. The molecule has 8 nitrogen and oxygen atoms in total. The maximum absolute atomic E-state index is 15.4. The molecule has 0 amide bonds. The molecule has 0 aliphatic carbocycles. The van der Waals surface area contributed by atoms with E-state index in [1.807, 2.05) is 89.5 Å². The monoisotopic (exact) mass is 854 g/mol. The molecule has 8 aromatic carbocycles. The zero-order valence-electron chi connectivity index (χ0n) is 34.1. The second-order valence-electron chi connectivity index (χ2n) is 15.6. The number of rotatable bonds is 5. The van der Waals surface area contributed by atoms with Gasteiger partial charge >= 0.3 is 6.18 Å². The van der Waals surface area contributed by atoms with Crippen LogP contribution >= 0.6 is 0 Å². The highest BCUT2D eigenvalue weighted by Gasteiger charge is 2.36. The van der Waals surface area contributed by atoms with Gasteiger partial charge in [-0.2, -0.15) is 44.7 Å². The van der Waals surface area contributed by atoms with Crippen LogP contribution in [0.15, 0.2) is 152 Å². The maximum atomic E-state index is 15.4. The van der Waals surface area contributed by atoms with Gasteiger partial charge in [-0.05, 0) is 107 Å². The molecule has 0 bridgehead atoms. The smallest absolute Gasteiger partial charge is 0.309 e. The van der Waals surface area contributed by atoms with Crippen molar-refractivity contribution in [2.75, 3.05) is 0 Å². The van der Waals surface area contributed by atoms with Crippen LogP contribution in [-0.2, 0) is 6.18 Å². The fourth-order valence-electron chi connectivity index (χ4n) is 9.07. The van der Waals surface area contributed by atoms with Crippen molar-refractivity contribution < 1.29 is 13.2 Å². The summed E-state index contributed by atoms with van der Waals surface area (Å²) >= 11 is 0. The van der Waals surface area contributed by atoms with E-state index in [0.29, 0.717) is 44.3 Å². The highest BCUT2D eigenvalue weighted by atomic mass is 19.4. The highest BCUT2D eigenvalue weighted by molar-refractivity contribution is 6.12. The average molecular weight is 855 g/mol. The Morgan fingerprint density at radius 1 is 0.364 bits per heavy atom. The lowest BCUT2D eigenvalue weighted by molar-refractivity contribution is -0.137. The Labute approximate surface area is 374 Å². The van der Waals surface area contributed by atoms with Crippen LogP contribution in [0.1, 0.15) is 38.9 Å². The van der Waals surface area contributed by atoms with Crippen molar-refractivity contribution >= 4 is 43.6 Å². The molecule has 10 aromatic rings. The van der Waals surface area contributed by atoms with E-state index < -0.39 is 11.7 Å². The van der Waals surface area contributed by atoms with Gasteiger partial charge in [0, 0.05) is 32.7 Å². The summed E-state index contributed by atoms with van der Waals surface area (Å²) in [6.07, 6.45) is -4.91. The number of halogens is 3. The summed E-state index contributed by atoms with van der Waals surface area (Å²) in [7, 11) is 0. The molecule has 0 saturated carbocycles. The van der Waals surface area contributed by atoms with Crippen LogP contribution in [0.25, 0.3) is 88.4 Å². The fourth-order valence-corrected chi connectivity index (χ4v) is 9.07. The molecule has 306 valence electrons. The van der Waals surface area contributed by atoms with E-state index in [9.17, 15) is 31.6 Å². The molecule has 66 heavy (non-hydrogen) atoms. The summed E-state index contributed by atoms with van der Waals surface area (Å²) in [5.74, 6) is 0. The first kappa shape index (κ1) is 40.2. The van der Waals surface area contributed by atoms with E-state index in [4.69, 9.17) is 0 Å². The van der Waals surface area contributed by atoms with E-state index in [1.165, 1.54) is 24.3 Å². The number of nitrogens with zero attached hydrogens (tertiary/aromatic N) is 8. The number of nitriles is 6. The minimum absolute atomic E-state index is 0.0160. The molecule has 0 atom stereocenters. The van der Waals surface area contributed by atoms with Crippen molar-refractivity contribution in [3.05, 3.63) is 191 Å². The number of aromatic nitrogens is 2. The van der Waals surface area contributed by atoms with Gasteiger partial charge in [0.25, 0.3) is 0 Å². The lowest BCUT2D eigenvalue weighted by Crippen LogP contribution is -2.11. The second-order valence-corrected chi connectivity index (χ2v) is 15.6. The van der Waals surface area contributed by atoms with Crippen LogP contribution in [0.4, 0.5) is 13.2 Å². The molecular weight excluding hydrogens is 830 g/mol. The summed E-state index contributed by atoms with van der Waals surface area (Å²) in [5.41, 5.74) is 4.81. The molecule has 2 aromatic heterocycles. The van der Waals surface area contributed by atoms with Crippen molar-refractivity contribution in [3.63, 3.8) is 0 Å². The van der Waals surface area contributed by atoms with Crippen molar-refractivity contribution in [2.45, 2.75) is 6.18 Å². The number of hydrogen-bond acceptors (Lipinski definition) is 6. The minimum Gasteiger partial charge on any atom is -0.309 e. The standard InChI is InChI=1S/C55H25F3N8/c56-55(57,58)47-9-5-6-38(30-63)54(47)46-25-50(65-48-10-3-1-7-42(48)44-14-12-36(22-51(44)65)39-18-32(26-59)16-33(19-39)27-60)41(31-64)24-53(46)66-49-11-4-2-8-43(49)45-15-13-37(23-52(45)66)40-20-34(28-61)17-35(21-40)29-62/h1-25H. The van der Waals surface area contributed by atoms with E-state index in [0.717, 1.165) is 27.6 Å². The number of benzene rings is 8. The second kappa shape index (κ2) is 15.5. The molecule has 0 unspecified atom stereocenters. The fraction of sp³-hybridized carbons (Fsp3) is 0.0182. The molecule has 2 heterocycles. The van der Waals surface area contributed by atoms with Gasteiger partial charge in [0.05, 0.1) is 103 Å².